The number of benzene rings is 1. The third-order valence-electron chi connectivity index (χ3n) is 5.53. The molecule has 0 spiro atoms. The lowest BCUT2D eigenvalue weighted by atomic mass is 9.81. The van der Waals surface area contributed by atoms with Gasteiger partial charge in [-0.1, -0.05) is 12.1 Å². The summed E-state index contributed by atoms with van der Waals surface area (Å²) in [5.41, 5.74) is 3.49. The molecule has 3 nitrogen and oxygen atoms in total. The van der Waals surface area contributed by atoms with Gasteiger partial charge in [-0.3, -0.25) is 4.79 Å². The van der Waals surface area contributed by atoms with Crippen LogP contribution in [0.25, 0.3) is 0 Å². The van der Waals surface area contributed by atoms with E-state index in [1.54, 1.807) is 0 Å². The van der Waals surface area contributed by atoms with Crippen molar-refractivity contribution in [3.63, 3.8) is 0 Å². The summed E-state index contributed by atoms with van der Waals surface area (Å²) in [6, 6.07) is 6.61. The fourth-order valence-corrected chi connectivity index (χ4v) is 4.33. The Labute approximate surface area is 132 Å². The Bertz CT molecular complexity index is 552. The summed E-state index contributed by atoms with van der Waals surface area (Å²) in [7, 11) is 0. The smallest absolute Gasteiger partial charge is 0.254 e. The van der Waals surface area contributed by atoms with Gasteiger partial charge in [0.25, 0.3) is 5.91 Å². The fourth-order valence-electron chi connectivity index (χ4n) is 4.33. The van der Waals surface area contributed by atoms with Crippen molar-refractivity contribution in [3.05, 3.63) is 34.9 Å². The molecule has 114 valence electrons. The van der Waals surface area contributed by atoms with Crippen LogP contribution in [0, 0.1) is 12.8 Å². The average Bonchev–Trinajstić information content (AvgIpc) is 2.50. The van der Waals surface area contributed by atoms with E-state index in [1.807, 2.05) is 12.1 Å². The number of carbonyl (C=O) groups is 1. The molecule has 0 radical (unpaired) electrons. The van der Waals surface area contributed by atoms with Gasteiger partial charge in [-0.15, -0.1) is 12.4 Å². The molecule has 0 aliphatic carbocycles. The number of fused-ring (bicyclic) bond motifs is 4. The van der Waals surface area contributed by atoms with E-state index in [4.69, 9.17) is 0 Å². The van der Waals surface area contributed by atoms with E-state index in [1.165, 1.54) is 37.1 Å². The van der Waals surface area contributed by atoms with Crippen LogP contribution in [0.4, 0.5) is 0 Å². The van der Waals surface area contributed by atoms with Crippen LogP contribution in [0.1, 0.15) is 34.3 Å². The predicted molar refractivity (Wildman–Crippen MR) is 86.1 cm³/mol. The van der Waals surface area contributed by atoms with Crippen molar-refractivity contribution in [1.29, 1.82) is 0 Å². The zero-order valence-electron chi connectivity index (χ0n) is 12.5. The van der Waals surface area contributed by atoms with Crippen molar-refractivity contribution in [1.82, 2.24) is 9.80 Å². The minimum absolute atomic E-state index is 0. The van der Waals surface area contributed by atoms with Gasteiger partial charge in [0.15, 0.2) is 0 Å². The predicted octanol–water partition coefficient (Wildman–Crippen LogP) is 2.51. The number of hydrogen-bond acceptors (Lipinski definition) is 2. The number of aryl methyl sites for hydroxylation is 1. The Morgan fingerprint density at radius 1 is 1.14 bits per heavy atom. The zero-order chi connectivity index (χ0) is 13.7. The minimum Gasteiger partial charge on any atom is -0.334 e. The highest BCUT2D eigenvalue weighted by atomic mass is 35.5. The number of amides is 1. The first kappa shape index (κ1) is 14.9. The average molecular weight is 307 g/mol. The molecule has 1 aromatic carbocycles. The van der Waals surface area contributed by atoms with Gasteiger partial charge >= 0.3 is 0 Å². The summed E-state index contributed by atoms with van der Waals surface area (Å²) >= 11 is 0. The summed E-state index contributed by atoms with van der Waals surface area (Å²) in [4.78, 5) is 17.6. The van der Waals surface area contributed by atoms with E-state index in [-0.39, 0.29) is 18.3 Å². The second-order valence-electron chi connectivity index (χ2n) is 6.55. The maximum atomic E-state index is 12.9. The van der Waals surface area contributed by atoms with Gasteiger partial charge in [-0.05, 0) is 62.4 Å². The Kier molecular flexibility index (Phi) is 3.98. The lowest BCUT2D eigenvalue weighted by Gasteiger charge is -2.50. The van der Waals surface area contributed by atoms with Crippen molar-refractivity contribution >= 4 is 18.3 Å². The SMILES string of the molecule is Cc1cccc2c1CCN([C@@H]1CN3CCC1CC3)C2=O.Cl. The Hall–Kier alpha value is -1.06. The van der Waals surface area contributed by atoms with E-state index < -0.39 is 0 Å². The lowest BCUT2D eigenvalue weighted by Crippen LogP contribution is -2.59. The van der Waals surface area contributed by atoms with Gasteiger partial charge in [-0.2, -0.15) is 0 Å². The Morgan fingerprint density at radius 3 is 2.57 bits per heavy atom. The number of rotatable bonds is 1. The summed E-state index contributed by atoms with van der Waals surface area (Å²) in [6.45, 7) is 6.59. The van der Waals surface area contributed by atoms with E-state index in [0.29, 0.717) is 6.04 Å². The second kappa shape index (κ2) is 5.62. The van der Waals surface area contributed by atoms with Crippen LogP contribution in [0.5, 0.6) is 0 Å². The van der Waals surface area contributed by atoms with Crippen molar-refractivity contribution in [3.8, 4) is 0 Å². The van der Waals surface area contributed by atoms with E-state index in [2.05, 4.69) is 22.8 Å². The number of nitrogens with zero attached hydrogens (tertiary/aromatic N) is 2. The Morgan fingerprint density at radius 2 is 1.90 bits per heavy atom. The normalized spacial score (nSPS) is 30.8. The van der Waals surface area contributed by atoms with Crippen LogP contribution >= 0.6 is 12.4 Å². The maximum absolute atomic E-state index is 12.9. The third kappa shape index (κ3) is 2.36. The molecule has 0 N–H and O–H groups in total. The van der Waals surface area contributed by atoms with Crippen molar-refractivity contribution in [2.24, 2.45) is 5.92 Å². The zero-order valence-corrected chi connectivity index (χ0v) is 13.4. The molecule has 1 atom stereocenters. The summed E-state index contributed by atoms with van der Waals surface area (Å²) in [5, 5.41) is 0. The first-order valence-electron chi connectivity index (χ1n) is 7.86. The van der Waals surface area contributed by atoms with Crippen molar-refractivity contribution in [2.75, 3.05) is 26.2 Å². The fraction of sp³-hybridized carbons (Fsp3) is 0.588. The molecule has 3 saturated heterocycles. The van der Waals surface area contributed by atoms with E-state index in [9.17, 15) is 4.79 Å². The van der Waals surface area contributed by atoms with Crippen molar-refractivity contribution in [2.45, 2.75) is 32.2 Å². The van der Waals surface area contributed by atoms with Crippen LogP contribution in [-0.2, 0) is 6.42 Å². The van der Waals surface area contributed by atoms with Crippen LogP contribution in [0.15, 0.2) is 18.2 Å². The molecule has 1 amide bonds. The Balaban J connectivity index is 0.00000132. The van der Waals surface area contributed by atoms with Crippen LogP contribution in [0.2, 0.25) is 0 Å². The molecule has 4 heterocycles. The van der Waals surface area contributed by atoms with Crippen molar-refractivity contribution < 1.29 is 4.79 Å². The first-order chi connectivity index (χ1) is 9.74. The molecular formula is C17H23ClN2O. The summed E-state index contributed by atoms with van der Waals surface area (Å²) in [5.74, 6) is 1.00. The molecule has 5 rings (SSSR count). The van der Waals surface area contributed by atoms with Gasteiger partial charge in [-0.25, -0.2) is 0 Å². The molecule has 1 aromatic rings. The van der Waals surface area contributed by atoms with Gasteiger partial charge in [0.05, 0.1) is 0 Å². The third-order valence-corrected chi connectivity index (χ3v) is 5.53. The molecular weight excluding hydrogens is 284 g/mol. The first-order valence-corrected chi connectivity index (χ1v) is 7.86. The highest BCUT2D eigenvalue weighted by molar-refractivity contribution is 5.97. The number of hydrogen-bond donors (Lipinski definition) is 0. The van der Waals surface area contributed by atoms with Crippen LogP contribution in [-0.4, -0.2) is 47.9 Å². The van der Waals surface area contributed by atoms with Crippen LogP contribution in [0.3, 0.4) is 0 Å². The highest BCUT2D eigenvalue weighted by Gasteiger charge is 2.40. The molecule has 0 aromatic heterocycles. The monoisotopic (exact) mass is 306 g/mol. The van der Waals surface area contributed by atoms with Gasteiger partial charge in [0, 0.05) is 24.7 Å². The molecule has 3 fully saturated rings. The standard InChI is InChI=1S/C17H22N2O.ClH/c1-12-3-2-4-15-14(12)7-10-19(17(15)20)16-11-18-8-5-13(16)6-9-18;/h2-4,13,16H,5-11H2,1H3;1H/t16-;/m1./s1. The van der Waals surface area contributed by atoms with Crippen LogP contribution < -0.4 is 0 Å². The number of halogens is 1. The summed E-state index contributed by atoms with van der Waals surface area (Å²) in [6.07, 6.45) is 3.57. The molecule has 4 aliphatic rings. The second-order valence-corrected chi connectivity index (χ2v) is 6.55. The quantitative estimate of drug-likeness (QED) is 0.796. The molecule has 21 heavy (non-hydrogen) atoms. The molecule has 0 saturated carbocycles. The largest absolute Gasteiger partial charge is 0.334 e. The topological polar surface area (TPSA) is 23.6 Å². The molecule has 2 bridgehead atoms. The number of carbonyl (C=O) groups excluding carboxylic acids is 1. The van der Waals surface area contributed by atoms with Gasteiger partial charge in [0.1, 0.15) is 0 Å². The minimum atomic E-state index is 0. The molecule has 4 aliphatic heterocycles. The number of piperidine rings is 3. The molecule has 0 unspecified atom stereocenters. The van der Waals surface area contributed by atoms with Gasteiger partial charge in [0.2, 0.25) is 0 Å². The molecule has 4 heteroatoms. The highest BCUT2D eigenvalue weighted by Crippen LogP contribution is 2.33. The van der Waals surface area contributed by atoms with Gasteiger partial charge < -0.3 is 9.80 Å². The summed E-state index contributed by atoms with van der Waals surface area (Å²) < 4.78 is 0. The van der Waals surface area contributed by atoms with E-state index >= 15 is 0 Å². The maximum Gasteiger partial charge on any atom is 0.254 e. The van der Waals surface area contributed by atoms with E-state index in [0.717, 1.165) is 31.0 Å². The lowest BCUT2D eigenvalue weighted by molar-refractivity contribution is 0.00604.